The predicted molar refractivity (Wildman–Crippen MR) is 93.0 cm³/mol. The Morgan fingerprint density at radius 1 is 1.17 bits per heavy atom. The molecule has 2 bridgehead atoms. The number of fused-ring (bicyclic) bond motifs is 2. The molecule has 1 saturated heterocycles. The van der Waals surface area contributed by atoms with Gasteiger partial charge in [0.2, 0.25) is 0 Å². The number of hydrogen-bond donors (Lipinski definition) is 0. The highest BCUT2D eigenvalue weighted by Gasteiger charge is 2.48. The zero-order valence-corrected chi connectivity index (χ0v) is 15.2. The van der Waals surface area contributed by atoms with Gasteiger partial charge in [-0.25, -0.2) is 9.78 Å². The molecular formula is C20H34O3. The first kappa shape index (κ1) is 18.7. The minimum atomic E-state index is -0.437. The molecule has 2 fully saturated rings. The van der Waals surface area contributed by atoms with Gasteiger partial charge in [-0.1, -0.05) is 64.5 Å². The molecule has 132 valence electrons. The van der Waals surface area contributed by atoms with E-state index in [1.165, 1.54) is 44.9 Å². The maximum atomic E-state index is 12.1. The van der Waals surface area contributed by atoms with E-state index in [4.69, 9.17) is 9.78 Å². The van der Waals surface area contributed by atoms with Crippen LogP contribution in [0.5, 0.6) is 0 Å². The van der Waals surface area contributed by atoms with Crippen molar-refractivity contribution >= 4 is 5.78 Å². The Kier molecular flexibility index (Phi) is 7.29. The predicted octanol–water partition coefficient (Wildman–Crippen LogP) is 5.39. The van der Waals surface area contributed by atoms with E-state index in [-0.39, 0.29) is 17.9 Å². The molecule has 0 aromatic rings. The molecule has 0 radical (unpaired) electrons. The van der Waals surface area contributed by atoms with Crippen LogP contribution in [-0.4, -0.2) is 17.5 Å². The second kappa shape index (κ2) is 8.98. The van der Waals surface area contributed by atoms with E-state index in [2.05, 4.69) is 26.0 Å². The zero-order valence-electron chi connectivity index (χ0n) is 15.2. The number of Topliss-reactive ketones (excluding diaryl/α,β-unsaturated/α-hetero) is 1. The quantitative estimate of drug-likeness (QED) is 0.324. The second-order valence-corrected chi connectivity index (χ2v) is 7.61. The molecule has 0 amide bonds. The molecule has 0 aromatic carbocycles. The summed E-state index contributed by atoms with van der Waals surface area (Å²) in [4.78, 5) is 23.3. The summed E-state index contributed by atoms with van der Waals surface area (Å²) in [5, 5.41) is 0. The van der Waals surface area contributed by atoms with E-state index in [9.17, 15) is 4.79 Å². The van der Waals surface area contributed by atoms with Gasteiger partial charge in [0.05, 0.1) is 0 Å². The SMILES string of the molecule is CCCCCCCCCC=C[C@]1(C)OO[C@@H]2C[C@H]1CC(=O)[C@@H]2C. The molecule has 1 saturated carbocycles. The molecule has 0 unspecified atom stereocenters. The van der Waals surface area contributed by atoms with Gasteiger partial charge in [-0.3, -0.25) is 4.79 Å². The van der Waals surface area contributed by atoms with E-state index in [1.807, 2.05) is 6.92 Å². The molecule has 4 atom stereocenters. The van der Waals surface area contributed by atoms with Crippen LogP contribution in [0, 0.1) is 11.8 Å². The highest BCUT2D eigenvalue weighted by molar-refractivity contribution is 5.82. The number of ketones is 1. The van der Waals surface area contributed by atoms with Crippen molar-refractivity contribution in [3.63, 3.8) is 0 Å². The Bertz CT molecular complexity index is 404. The molecule has 1 aliphatic carbocycles. The lowest BCUT2D eigenvalue weighted by molar-refractivity contribution is -0.415. The standard InChI is InChI=1S/C20H34O3/c1-4-5-6-7-8-9-10-11-12-13-20(3)17-14-18(21)16(2)19(15-17)22-23-20/h12-13,16-17,19H,4-11,14-15H2,1-3H3/t16-,17+,19+,20-/m0/s1. The number of carbonyl (C=O) groups is 1. The molecule has 0 N–H and O–H groups in total. The fourth-order valence-electron chi connectivity index (χ4n) is 3.70. The van der Waals surface area contributed by atoms with Gasteiger partial charge in [-0.15, -0.1) is 0 Å². The van der Waals surface area contributed by atoms with E-state index < -0.39 is 5.60 Å². The fraction of sp³-hybridized carbons (Fsp3) is 0.850. The Hall–Kier alpha value is -0.670. The van der Waals surface area contributed by atoms with Crippen molar-refractivity contribution in [2.75, 3.05) is 0 Å². The second-order valence-electron chi connectivity index (χ2n) is 7.61. The van der Waals surface area contributed by atoms with Crippen LogP contribution in [0.2, 0.25) is 0 Å². The molecule has 3 heteroatoms. The Morgan fingerprint density at radius 2 is 1.87 bits per heavy atom. The van der Waals surface area contributed by atoms with E-state index in [0.717, 1.165) is 12.8 Å². The van der Waals surface area contributed by atoms with Crippen LogP contribution in [-0.2, 0) is 14.6 Å². The summed E-state index contributed by atoms with van der Waals surface area (Å²) in [6.07, 6.45) is 16.3. The minimum absolute atomic E-state index is 0.0208. The highest BCUT2D eigenvalue weighted by Crippen LogP contribution is 2.42. The monoisotopic (exact) mass is 322 g/mol. The topological polar surface area (TPSA) is 35.5 Å². The van der Waals surface area contributed by atoms with Gasteiger partial charge < -0.3 is 0 Å². The van der Waals surface area contributed by atoms with Gasteiger partial charge in [-0.2, -0.15) is 0 Å². The van der Waals surface area contributed by atoms with E-state index in [1.54, 1.807) is 0 Å². The van der Waals surface area contributed by atoms with Crippen LogP contribution in [0.15, 0.2) is 12.2 Å². The molecule has 1 heterocycles. The third-order valence-electron chi connectivity index (χ3n) is 5.61. The van der Waals surface area contributed by atoms with E-state index in [0.29, 0.717) is 12.2 Å². The van der Waals surface area contributed by atoms with Gasteiger partial charge in [0.25, 0.3) is 0 Å². The molecule has 2 aliphatic rings. The molecule has 0 aromatic heterocycles. The summed E-state index contributed by atoms with van der Waals surface area (Å²) >= 11 is 0. The number of hydrogen-bond acceptors (Lipinski definition) is 3. The third kappa shape index (κ3) is 5.15. The van der Waals surface area contributed by atoms with Crippen LogP contribution < -0.4 is 0 Å². The Balaban J connectivity index is 1.69. The van der Waals surface area contributed by atoms with Gasteiger partial charge in [-0.05, 0) is 26.2 Å². The lowest BCUT2D eigenvalue weighted by Crippen LogP contribution is -2.52. The smallest absolute Gasteiger partial charge is 0.138 e. The average Bonchev–Trinajstić information content (AvgIpc) is 2.54. The summed E-state index contributed by atoms with van der Waals surface area (Å²) in [6, 6.07) is 0. The average molecular weight is 322 g/mol. The number of rotatable bonds is 9. The van der Waals surface area contributed by atoms with Crippen molar-refractivity contribution in [3.05, 3.63) is 12.2 Å². The molecule has 2 rings (SSSR count). The first-order valence-corrected chi connectivity index (χ1v) is 9.61. The number of unbranched alkanes of at least 4 members (excludes halogenated alkanes) is 7. The van der Waals surface area contributed by atoms with Gasteiger partial charge in [0.1, 0.15) is 17.5 Å². The molecule has 1 aliphatic heterocycles. The first-order chi connectivity index (χ1) is 11.1. The zero-order chi connectivity index (χ0) is 16.7. The lowest BCUT2D eigenvalue weighted by Gasteiger charge is -2.45. The largest absolute Gasteiger partial charge is 0.299 e. The van der Waals surface area contributed by atoms with Crippen LogP contribution in [0.25, 0.3) is 0 Å². The molecule has 23 heavy (non-hydrogen) atoms. The molecule has 3 nitrogen and oxygen atoms in total. The molecule has 0 spiro atoms. The fourth-order valence-corrected chi connectivity index (χ4v) is 3.70. The number of carbonyl (C=O) groups excluding carboxylic acids is 1. The van der Waals surface area contributed by atoms with Crippen LogP contribution >= 0.6 is 0 Å². The van der Waals surface area contributed by atoms with Gasteiger partial charge in [0.15, 0.2) is 0 Å². The first-order valence-electron chi connectivity index (χ1n) is 9.61. The van der Waals surface area contributed by atoms with Crippen LogP contribution in [0.4, 0.5) is 0 Å². The molecular weight excluding hydrogens is 288 g/mol. The summed E-state index contributed by atoms with van der Waals surface area (Å²) in [5.74, 6) is 0.559. The van der Waals surface area contributed by atoms with Crippen molar-refractivity contribution in [2.24, 2.45) is 11.8 Å². The highest BCUT2D eigenvalue weighted by atomic mass is 17.2. The summed E-state index contributed by atoms with van der Waals surface area (Å²) in [5.41, 5.74) is -0.437. The maximum absolute atomic E-state index is 12.1. The van der Waals surface area contributed by atoms with Crippen molar-refractivity contribution in [1.29, 1.82) is 0 Å². The summed E-state index contributed by atoms with van der Waals surface area (Å²) in [6.45, 7) is 6.26. The normalized spacial score (nSPS) is 34.2. The number of allylic oxidation sites excluding steroid dienone is 1. The van der Waals surface area contributed by atoms with Crippen molar-refractivity contribution in [3.8, 4) is 0 Å². The minimum Gasteiger partial charge on any atom is -0.299 e. The Morgan fingerprint density at radius 3 is 2.61 bits per heavy atom. The lowest BCUT2D eigenvalue weighted by atomic mass is 9.71. The van der Waals surface area contributed by atoms with Crippen LogP contribution in [0.3, 0.4) is 0 Å². The van der Waals surface area contributed by atoms with Crippen molar-refractivity contribution in [2.45, 2.75) is 96.7 Å². The van der Waals surface area contributed by atoms with Gasteiger partial charge >= 0.3 is 0 Å². The van der Waals surface area contributed by atoms with Crippen molar-refractivity contribution in [1.82, 2.24) is 0 Å². The van der Waals surface area contributed by atoms with Crippen LogP contribution in [0.1, 0.15) is 85.0 Å². The summed E-state index contributed by atoms with van der Waals surface area (Å²) < 4.78 is 0. The maximum Gasteiger partial charge on any atom is 0.138 e. The van der Waals surface area contributed by atoms with E-state index >= 15 is 0 Å². The Labute approximate surface area is 141 Å². The summed E-state index contributed by atoms with van der Waals surface area (Å²) in [7, 11) is 0. The third-order valence-corrected chi connectivity index (χ3v) is 5.61. The van der Waals surface area contributed by atoms with Crippen molar-refractivity contribution < 1.29 is 14.6 Å². The van der Waals surface area contributed by atoms with Gasteiger partial charge in [0, 0.05) is 18.3 Å².